The summed E-state index contributed by atoms with van der Waals surface area (Å²) in [5, 5.41) is 11.6. The summed E-state index contributed by atoms with van der Waals surface area (Å²) in [6.07, 6.45) is 2.67. The normalized spacial score (nSPS) is 20.6. The monoisotopic (exact) mass is 313 g/mol. The van der Waals surface area contributed by atoms with E-state index in [9.17, 15) is 18.3 Å². The lowest BCUT2D eigenvalue weighted by atomic mass is 10.2. The van der Waals surface area contributed by atoms with Crippen molar-refractivity contribution >= 4 is 21.5 Å². The molecular formula is C13H19N3O4S. The molecular weight excluding hydrogens is 294 g/mol. The van der Waals surface area contributed by atoms with Crippen LogP contribution in [0.3, 0.4) is 0 Å². The predicted octanol–water partition coefficient (Wildman–Crippen LogP) is 1.29. The summed E-state index contributed by atoms with van der Waals surface area (Å²) >= 11 is 0. The van der Waals surface area contributed by atoms with Crippen molar-refractivity contribution in [2.75, 3.05) is 17.6 Å². The first-order valence-electron chi connectivity index (χ1n) is 6.87. The molecule has 0 spiro atoms. The maximum atomic E-state index is 11.8. The molecule has 2 rings (SSSR count). The maximum absolute atomic E-state index is 11.8. The van der Waals surface area contributed by atoms with Crippen LogP contribution in [-0.2, 0) is 9.84 Å². The summed E-state index contributed by atoms with van der Waals surface area (Å²) < 4.78 is 23.5. The first-order chi connectivity index (χ1) is 9.81. The summed E-state index contributed by atoms with van der Waals surface area (Å²) in [7, 11) is -3.06. The molecule has 2 N–H and O–H groups in total. The van der Waals surface area contributed by atoms with Crippen LogP contribution in [0, 0.1) is 0 Å². The van der Waals surface area contributed by atoms with Crippen LogP contribution in [0.5, 0.6) is 0 Å². The van der Waals surface area contributed by atoms with E-state index >= 15 is 0 Å². The Labute approximate surface area is 123 Å². The second-order valence-corrected chi connectivity index (χ2v) is 7.86. The van der Waals surface area contributed by atoms with Gasteiger partial charge in [-0.1, -0.05) is 13.8 Å². The molecule has 0 aromatic carbocycles. The molecule has 0 aliphatic carbocycles. The molecule has 1 aliphatic heterocycles. The van der Waals surface area contributed by atoms with E-state index in [1.165, 1.54) is 6.20 Å². The minimum atomic E-state index is -3.06. The molecule has 0 saturated carbocycles. The molecule has 1 fully saturated rings. The van der Waals surface area contributed by atoms with Gasteiger partial charge in [-0.25, -0.2) is 23.2 Å². The summed E-state index contributed by atoms with van der Waals surface area (Å²) in [5.74, 6) is -0.483. The van der Waals surface area contributed by atoms with E-state index in [1.807, 2.05) is 13.8 Å². The second kappa shape index (κ2) is 5.97. The third-order valence-electron chi connectivity index (χ3n) is 3.51. The smallest absolute Gasteiger partial charge is 0.356 e. The van der Waals surface area contributed by atoms with Crippen LogP contribution in [-0.4, -0.2) is 47.0 Å². The van der Waals surface area contributed by atoms with Crippen molar-refractivity contribution in [1.82, 2.24) is 9.97 Å². The standard InChI is InChI=1S/C13H19N3O4S/c1-8(2)12-15-7-10(11(16-12)13(17)18)14-6-9-4-3-5-21(9,19)20/h7-9,14H,3-6H2,1-2H3,(H,17,18). The number of hydrogen-bond acceptors (Lipinski definition) is 6. The van der Waals surface area contributed by atoms with Gasteiger partial charge in [0.05, 0.1) is 22.9 Å². The number of hydrogen-bond donors (Lipinski definition) is 2. The van der Waals surface area contributed by atoms with Crippen molar-refractivity contribution in [3.63, 3.8) is 0 Å². The molecule has 1 saturated heterocycles. The van der Waals surface area contributed by atoms with E-state index in [2.05, 4.69) is 15.3 Å². The highest BCUT2D eigenvalue weighted by molar-refractivity contribution is 7.92. The fourth-order valence-electron chi connectivity index (χ4n) is 2.28. The zero-order chi connectivity index (χ0) is 15.6. The predicted molar refractivity (Wildman–Crippen MR) is 78.4 cm³/mol. The minimum absolute atomic E-state index is 0.0207. The maximum Gasteiger partial charge on any atom is 0.356 e. The Bertz CT molecular complexity index is 643. The van der Waals surface area contributed by atoms with Crippen LogP contribution in [0.15, 0.2) is 6.20 Å². The van der Waals surface area contributed by atoms with E-state index in [0.29, 0.717) is 18.7 Å². The Hall–Kier alpha value is -1.70. The number of rotatable bonds is 5. The van der Waals surface area contributed by atoms with Gasteiger partial charge in [-0.2, -0.15) is 0 Å². The van der Waals surface area contributed by atoms with Gasteiger partial charge in [0.1, 0.15) is 5.82 Å². The lowest BCUT2D eigenvalue weighted by molar-refractivity contribution is 0.0691. The van der Waals surface area contributed by atoms with E-state index in [-0.39, 0.29) is 29.6 Å². The van der Waals surface area contributed by atoms with Crippen LogP contribution < -0.4 is 5.32 Å². The van der Waals surface area contributed by atoms with Gasteiger partial charge in [0, 0.05) is 12.5 Å². The average molecular weight is 313 g/mol. The number of sulfone groups is 1. The van der Waals surface area contributed by atoms with Crippen LogP contribution >= 0.6 is 0 Å². The third kappa shape index (κ3) is 3.49. The Morgan fingerprint density at radius 2 is 2.24 bits per heavy atom. The van der Waals surface area contributed by atoms with Crippen LogP contribution in [0.25, 0.3) is 0 Å². The fourth-order valence-corrected chi connectivity index (χ4v) is 4.04. The Morgan fingerprint density at radius 3 is 2.76 bits per heavy atom. The molecule has 1 atom stereocenters. The molecule has 1 aromatic heterocycles. The number of nitrogens with one attached hydrogen (secondary N) is 1. The molecule has 21 heavy (non-hydrogen) atoms. The first kappa shape index (κ1) is 15.7. The molecule has 8 heteroatoms. The van der Waals surface area contributed by atoms with Gasteiger partial charge in [-0.3, -0.25) is 0 Å². The highest BCUT2D eigenvalue weighted by Crippen LogP contribution is 2.22. The van der Waals surface area contributed by atoms with Gasteiger partial charge in [0.15, 0.2) is 15.5 Å². The third-order valence-corrected chi connectivity index (χ3v) is 5.79. The molecule has 0 amide bonds. The molecule has 2 heterocycles. The summed E-state index contributed by atoms with van der Waals surface area (Å²) in [5.41, 5.74) is 0.137. The molecule has 1 aromatic rings. The van der Waals surface area contributed by atoms with Crippen molar-refractivity contribution in [3.05, 3.63) is 17.7 Å². The lowest BCUT2D eigenvalue weighted by Gasteiger charge is -2.14. The lowest BCUT2D eigenvalue weighted by Crippen LogP contribution is -2.26. The van der Waals surface area contributed by atoms with Crippen LogP contribution in [0.2, 0.25) is 0 Å². The van der Waals surface area contributed by atoms with Gasteiger partial charge in [0.2, 0.25) is 0 Å². The van der Waals surface area contributed by atoms with Gasteiger partial charge in [-0.15, -0.1) is 0 Å². The van der Waals surface area contributed by atoms with Crippen molar-refractivity contribution in [1.29, 1.82) is 0 Å². The number of carboxylic acids is 1. The van der Waals surface area contributed by atoms with Gasteiger partial charge in [-0.05, 0) is 12.8 Å². The zero-order valence-electron chi connectivity index (χ0n) is 12.0. The van der Waals surface area contributed by atoms with Crippen molar-refractivity contribution < 1.29 is 18.3 Å². The summed E-state index contributed by atoms with van der Waals surface area (Å²) in [6.45, 7) is 3.94. The number of carboxylic acid groups (broad SMARTS) is 1. The average Bonchev–Trinajstić information content (AvgIpc) is 2.74. The van der Waals surface area contributed by atoms with Gasteiger partial charge in [0.25, 0.3) is 0 Å². The van der Waals surface area contributed by atoms with Crippen molar-refractivity contribution in [2.24, 2.45) is 0 Å². The van der Waals surface area contributed by atoms with Gasteiger partial charge < -0.3 is 10.4 Å². The van der Waals surface area contributed by atoms with Crippen molar-refractivity contribution in [2.45, 2.75) is 37.9 Å². The molecule has 1 aliphatic rings. The second-order valence-electron chi connectivity index (χ2n) is 5.46. The topological polar surface area (TPSA) is 109 Å². The molecule has 0 bridgehead atoms. The van der Waals surface area contributed by atoms with Crippen LogP contribution in [0.4, 0.5) is 5.69 Å². The number of anilines is 1. The molecule has 0 radical (unpaired) electrons. The minimum Gasteiger partial charge on any atom is -0.476 e. The Balaban J connectivity index is 2.18. The molecule has 1 unspecified atom stereocenters. The quantitative estimate of drug-likeness (QED) is 0.842. The van der Waals surface area contributed by atoms with E-state index in [0.717, 1.165) is 0 Å². The van der Waals surface area contributed by atoms with E-state index in [4.69, 9.17) is 0 Å². The molecule has 7 nitrogen and oxygen atoms in total. The number of nitrogens with zero attached hydrogens (tertiary/aromatic N) is 2. The largest absolute Gasteiger partial charge is 0.476 e. The zero-order valence-corrected chi connectivity index (χ0v) is 12.9. The first-order valence-corrected chi connectivity index (χ1v) is 8.58. The van der Waals surface area contributed by atoms with E-state index in [1.54, 1.807) is 0 Å². The van der Waals surface area contributed by atoms with Gasteiger partial charge >= 0.3 is 5.97 Å². The van der Waals surface area contributed by atoms with E-state index < -0.39 is 21.1 Å². The highest BCUT2D eigenvalue weighted by Gasteiger charge is 2.31. The Morgan fingerprint density at radius 1 is 1.52 bits per heavy atom. The summed E-state index contributed by atoms with van der Waals surface area (Å²) in [6, 6.07) is 0. The fraction of sp³-hybridized carbons (Fsp3) is 0.615. The SMILES string of the molecule is CC(C)c1ncc(NCC2CCCS2(=O)=O)c(C(=O)O)n1. The Kier molecular flexibility index (Phi) is 4.46. The number of aromatic nitrogens is 2. The van der Waals surface area contributed by atoms with Crippen molar-refractivity contribution in [3.8, 4) is 0 Å². The van der Waals surface area contributed by atoms with Crippen LogP contribution in [0.1, 0.15) is 48.9 Å². The number of aromatic carboxylic acids is 1. The molecule has 116 valence electrons. The summed E-state index contributed by atoms with van der Waals surface area (Å²) in [4.78, 5) is 19.4. The number of carbonyl (C=O) groups is 1. The highest BCUT2D eigenvalue weighted by atomic mass is 32.2.